The Labute approximate surface area is 69.0 Å². The zero-order chi connectivity index (χ0) is 8.97. The maximum absolute atomic E-state index is 12.4. The number of rotatable bonds is 2. The summed E-state index contributed by atoms with van der Waals surface area (Å²) in [6.07, 6.45) is 0. The van der Waals surface area contributed by atoms with Gasteiger partial charge in [0.1, 0.15) is 5.82 Å². The molecule has 0 radical (unpaired) electrons. The number of hydrogen-bond donors (Lipinski definition) is 3. The Hall–Kier alpha value is -1.62. The molecule has 1 aromatic carbocycles. The second kappa shape index (κ2) is 3.68. The van der Waals surface area contributed by atoms with Gasteiger partial charge < -0.3 is 5.73 Å². The predicted octanol–water partition coefficient (Wildman–Crippen LogP) is -0.0907. The molecule has 4 nitrogen and oxygen atoms in total. The lowest BCUT2D eigenvalue weighted by molar-refractivity contribution is 0.627. The molecule has 0 amide bonds. The molecule has 64 valence electrons. The number of benzene rings is 1. The average Bonchev–Trinajstić information content (AvgIpc) is 2.06. The van der Waals surface area contributed by atoms with Crippen molar-refractivity contribution in [2.24, 2.45) is 16.7 Å². The number of nitrogens with two attached hydrogens (primary N) is 2. The first kappa shape index (κ1) is 8.48. The van der Waals surface area contributed by atoms with E-state index in [1.807, 2.05) is 5.53 Å². The van der Waals surface area contributed by atoms with Gasteiger partial charge in [0, 0.05) is 5.56 Å². The molecule has 1 rings (SSSR count). The van der Waals surface area contributed by atoms with E-state index in [1.54, 1.807) is 0 Å². The van der Waals surface area contributed by atoms with Crippen molar-refractivity contribution in [1.82, 2.24) is 5.53 Å². The fourth-order valence-corrected chi connectivity index (χ4v) is 0.755. The van der Waals surface area contributed by atoms with Gasteiger partial charge in [0.2, 0.25) is 0 Å². The van der Waals surface area contributed by atoms with E-state index in [9.17, 15) is 4.39 Å². The van der Waals surface area contributed by atoms with Gasteiger partial charge >= 0.3 is 0 Å². The molecule has 0 aliphatic heterocycles. The molecule has 0 saturated carbocycles. The highest BCUT2D eigenvalue weighted by atomic mass is 19.1. The fourth-order valence-electron chi connectivity index (χ4n) is 0.755. The molecule has 5 N–H and O–H groups in total. The van der Waals surface area contributed by atoms with E-state index in [0.29, 0.717) is 5.56 Å². The van der Waals surface area contributed by atoms with Crippen LogP contribution >= 0.6 is 0 Å². The SMILES string of the molecule is NN/N=C(\N)c1ccc(F)cc1. The number of hydrazone groups is 1. The summed E-state index contributed by atoms with van der Waals surface area (Å²) < 4.78 is 12.4. The van der Waals surface area contributed by atoms with Crippen LogP contribution < -0.4 is 17.1 Å². The van der Waals surface area contributed by atoms with Crippen LogP contribution in [0.15, 0.2) is 29.4 Å². The van der Waals surface area contributed by atoms with Crippen molar-refractivity contribution >= 4 is 5.84 Å². The van der Waals surface area contributed by atoms with Gasteiger partial charge in [-0.25, -0.2) is 15.8 Å². The van der Waals surface area contributed by atoms with Gasteiger partial charge in [-0.2, -0.15) is 0 Å². The second-order valence-corrected chi connectivity index (χ2v) is 2.13. The molecule has 12 heavy (non-hydrogen) atoms. The molecule has 0 aromatic heterocycles. The summed E-state index contributed by atoms with van der Waals surface area (Å²) in [5.74, 6) is 4.81. The Morgan fingerprint density at radius 1 is 1.33 bits per heavy atom. The lowest BCUT2D eigenvalue weighted by Gasteiger charge is -1.98. The Balaban J connectivity index is 2.89. The predicted molar refractivity (Wildman–Crippen MR) is 44.4 cm³/mol. The molecule has 0 heterocycles. The van der Waals surface area contributed by atoms with Crippen molar-refractivity contribution in [2.75, 3.05) is 0 Å². The molecule has 0 atom stereocenters. The van der Waals surface area contributed by atoms with E-state index < -0.39 is 0 Å². The van der Waals surface area contributed by atoms with Crippen LogP contribution in [-0.2, 0) is 0 Å². The van der Waals surface area contributed by atoms with Crippen LogP contribution in [0.1, 0.15) is 5.56 Å². The van der Waals surface area contributed by atoms with Crippen LogP contribution in [0, 0.1) is 5.82 Å². The number of nitrogens with zero attached hydrogens (tertiary/aromatic N) is 1. The zero-order valence-electron chi connectivity index (χ0n) is 6.29. The summed E-state index contributed by atoms with van der Waals surface area (Å²) in [5.41, 5.74) is 8.11. The van der Waals surface area contributed by atoms with Gasteiger partial charge in [0.15, 0.2) is 5.84 Å². The van der Waals surface area contributed by atoms with Crippen LogP contribution in [0.4, 0.5) is 4.39 Å². The number of hydrogen-bond acceptors (Lipinski definition) is 3. The average molecular weight is 168 g/mol. The number of hydrazine groups is 1. The first-order valence-corrected chi connectivity index (χ1v) is 3.28. The summed E-state index contributed by atoms with van der Waals surface area (Å²) in [6, 6.07) is 5.64. The summed E-state index contributed by atoms with van der Waals surface area (Å²) in [6.45, 7) is 0. The number of nitrogens with one attached hydrogen (secondary N) is 1. The minimum Gasteiger partial charge on any atom is -0.382 e. The van der Waals surface area contributed by atoms with Crippen molar-refractivity contribution in [3.05, 3.63) is 35.6 Å². The van der Waals surface area contributed by atoms with Gasteiger partial charge in [-0.1, -0.05) is 0 Å². The quantitative estimate of drug-likeness (QED) is 0.250. The van der Waals surface area contributed by atoms with Gasteiger partial charge in [-0.3, -0.25) is 0 Å². The normalized spacial score (nSPS) is 11.3. The standard InChI is InChI=1S/C7H9FN4/c8-6-3-1-5(2-4-6)7(9)11-12-10/h1-4,12H,10H2,(H2,9,11). The van der Waals surface area contributed by atoms with Crippen LogP contribution in [0.25, 0.3) is 0 Å². The summed E-state index contributed by atoms with van der Waals surface area (Å²) >= 11 is 0. The summed E-state index contributed by atoms with van der Waals surface area (Å²) in [7, 11) is 0. The molecule has 1 aromatic rings. The molecule has 0 aliphatic rings. The first-order chi connectivity index (χ1) is 5.74. The second-order valence-electron chi connectivity index (χ2n) is 2.13. The molecule has 0 aliphatic carbocycles. The molecule has 0 unspecified atom stereocenters. The highest BCUT2D eigenvalue weighted by Crippen LogP contribution is 2.01. The highest BCUT2D eigenvalue weighted by molar-refractivity contribution is 5.97. The minimum atomic E-state index is -0.313. The van der Waals surface area contributed by atoms with Gasteiger partial charge in [-0.15, -0.1) is 5.10 Å². The highest BCUT2D eigenvalue weighted by Gasteiger charge is 1.96. The molecule has 0 saturated heterocycles. The van der Waals surface area contributed by atoms with E-state index in [4.69, 9.17) is 11.6 Å². The van der Waals surface area contributed by atoms with Crippen molar-refractivity contribution in [2.45, 2.75) is 0 Å². The molecule has 0 fully saturated rings. The Bertz CT molecular complexity index is 280. The van der Waals surface area contributed by atoms with E-state index in [-0.39, 0.29) is 11.7 Å². The topological polar surface area (TPSA) is 76.4 Å². The lowest BCUT2D eigenvalue weighted by atomic mass is 10.2. The Morgan fingerprint density at radius 3 is 2.42 bits per heavy atom. The van der Waals surface area contributed by atoms with E-state index >= 15 is 0 Å². The summed E-state index contributed by atoms with van der Waals surface area (Å²) in [5, 5.41) is 3.52. The molecule has 0 spiro atoms. The summed E-state index contributed by atoms with van der Waals surface area (Å²) in [4.78, 5) is 0. The minimum absolute atomic E-state index is 0.220. The van der Waals surface area contributed by atoms with Crippen molar-refractivity contribution in [3.63, 3.8) is 0 Å². The van der Waals surface area contributed by atoms with Crippen LogP contribution in [0.5, 0.6) is 0 Å². The maximum atomic E-state index is 12.4. The van der Waals surface area contributed by atoms with E-state index in [1.165, 1.54) is 24.3 Å². The molecular weight excluding hydrogens is 159 g/mol. The smallest absolute Gasteiger partial charge is 0.152 e. The molecule has 0 bridgehead atoms. The maximum Gasteiger partial charge on any atom is 0.152 e. The van der Waals surface area contributed by atoms with Crippen LogP contribution in [0.3, 0.4) is 0 Å². The third-order valence-electron chi connectivity index (χ3n) is 1.32. The lowest BCUT2D eigenvalue weighted by Crippen LogP contribution is -2.22. The zero-order valence-corrected chi connectivity index (χ0v) is 6.29. The van der Waals surface area contributed by atoms with Crippen molar-refractivity contribution in [1.29, 1.82) is 0 Å². The largest absolute Gasteiger partial charge is 0.382 e. The third-order valence-corrected chi connectivity index (χ3v) is 1.32. The first-order valence-electron chi connectivity index (χ1n) is 3.28. The van der Waals surface area contributed by atoms with Gasteiger partial charge in [-0.05, 0) is 24.3 Å². The Morgan fingerprint density at radius 2 is 1.92 bits per heavy atom. The van der Waals surface area contributed by atoms with Crippen LogP contribution in [-0.4, -0.2) is 5.84 Å². The number of amidine groups is 1. The van der Waals surface area contributed by atoms with E-state index in [0.717, 1.165) is 0 Å². The Kier molecular flexibility index (Phi) is 2.60. The third kappa shape index (κ3) is 1.93. The van der Waals surface area contributed by atoms with Crippen molar-refractivity contribution in [3.8, 4) is 0 Å². The molecular formula is C7H9FN4. The molecule has 5 heteroatoms. The number of halogens is 1. The fraction of sp³-hybridized carbons (Fsp3) is 0. The van der Waals surface area contributed by atoms with Gasteiger partial charge in [0.05, 0.1) is 0 Å². The monoisotopic (exact) mass is 168 g/mol. The van der Waals surface area contributed by atoms with Crippen LogP contribution in [0.2, 0.25) is 0 Å². The van der Waals surface area contributed by atoms with Gasteiger partial charge in [0.25, 0.3) is 0 Å². The van der Waals surface area contributed by atoms with E-state index in [2.05, 4.69) is 5.10 Å². The van der Waals surface area contributed by atoms with Crippen molar-refractivity contribution < 1.29 is 4.39 Å².